The van der Waals surface area contributed by atoms with Crippen LogP contribution in [0.15, 0.2) is 60.7 Å². The van der Waals surface area contributed by atoms with Gasteiger partial charge in [-0.15, -0.1) is 0 Å². The molecule has 1 nitrogen and oxygen atoms in total. The summed E-state index contributed by atoms with van der Waals surface area (Å²) >= 11 is 0.666. The van der Waals surface area contributed by atoms with Crippen LogP contribution in [-0.2, 0) is 6.54 Å². The molecule has 0 atom stereocenters. The molecule has 1 heterocycles. The van der Waals surface area contributed by atoms with Crippen LogP contribution in [0.4, 0.5) is 4.39 Å². The van der Waals surface area contributed by atoms with Gasteiger partial charge < -0.3 is 0 Å². The molecule has 4 rings (SSSR count). The molecular formula is C20H15FNTl. The molecule has 3 heteroatoms. The Labute approximate surface area is 150 Å². The van der Waals surface area contributed by atoms with E-state index in [0.29, 0.717) is 32.3 Å². The standard InChI is InChI=1S/C20H15FN.Tl/c1-14-10-11-20-17(12-14)16-7-3-5-9-19(16)22(20)13-15-6-2-4-8-18(15)21;/h2-3,5-12H,13H2,1H3;. The minimum atomic E-state index is -0.0944. The van der Waals surface area contributed by atoms with E-state index in [2.05, 4.69) is 47.9 Å². The molecule has 4 aromatic rings. The summed E-state index contributed by atoms with van der Waals surface area (Å²) in [5.41, 5.74) is 4.31. The maximum atomic E-state index is 14.3. The van der Waals surface area contributed by atoms with Crippen molar-refractivity contribution >= 4 is 50.7 Å². The van der Waals surface area contributed by atoms with E-state index < -0.39 is 0 Å². The van der Waals surface area contributed by atoms with Crippen LogP contribution in [0.25, 0.3) is 21.8 Å². The number of benzene rings is 3. The molecule has 0 aliphatic carbocycles. The van der Waals surface area contributed by atoms with Crippen LogP contribution in [0.2, 0.25) is 0 Å². The number of para-hydroxylation sites is 1. The average Bonchev–Trinajstić information content (AvgIpc) is 2.84. The van der Waals surface area contributed by atoms with Gasteiger partial charge in [0.15, 0.2) is 0 Å². The van der Waals surface area contributed by atoms with Gasteiger partial charge in [-0.25, -0.2) is 0 Å². The van der Waals surface area contributed by atoms with E-state index in [-0.39, 0.29) is 5.82 Å². The number of aryl methyl sites for hydroxylation is 1. The van der Waals surface area contributed by atoms with Gasteiger partial charge in [-0.3, -0.25) is 0 Å². The monoisotopic (exact) mass is 493 g/mol. The first-order valence-corrected chi connectivity index (χ1v) is 9.89. The first-order valence-electron chi connectivity index (χ1n) is 7.65. The zero-order valence-corrected chi connectivity index (χ0v) is 17.4. The van der Waals surface area contributed by atoms with E-state index in [0.717, 1.165) is 19.7 Å². The summed E-state index contributed by atoms with van der Waals surface area (Å²) in [6.07, 6.45) is 0. The number of aromatic nitrogens is 1. The number of hydrogen-bond donors (Lipinski definition) is 0. The third-order valence-electron chi connectivity index (χ3n) is 4.33. The summed E-state index contributed by atoms with van der Waals surface area (Å²) in [7, 11) is 0. The topological polar surface area (TPSA) is 4.93 Å². The summed E-state index contributed by atoms with van der Waals surface area (Å²) in [5, 5.41) is 2.47. The first-order chi connectivity index (χ1) is 11.1. The van der Waals surface area contributed by atoms with Gasteiger partial charge in [0.2, 0.25) is 0 Å². The molecule has 0 spiro atoms. The molecule has 1 aromatic heterocycles. The zero-order chi connectivity index (χ0) is 16.0. The molecule has 0 radical (unpaired) electrons. The SMILES string of the molecule is Cc1ccc2c(c1)c1ccccc1n2Cc1cc[c]([Tl])cc1F. The third kappa shape index (κ3) is 2.59. The Morgan fingerprint density at radius 3 is 2.52 bits per heavy atom. The van der Waals surface area contributed by atoms with Gasteiger partial charge in [0.05, 0.1) is 0 Å². The zero-order valence-electron chi connectivity index (χ0n) is 12.9. The summed E-state index contributed by atoms with van der Waals surface area (Å²) in [5.74, 6) is -0.0944. The second kappa shape index (κ2) is 5.75. The molecule has 0 N–H and O–H groups in total. The molecule has 0 aliphatic heterocycles. The normalized spacial score (nSPS) is 11.3. The van der Waals surface area contributed by atoms with Gasteiger partial charge >= 0.3 is 151 Å². The number of fused-ring (bicyclic) bond motifs is 3. The van der Waals surface area contributed by atoms with Crippen molar-refractivity contribution in [2.75, 3.05) is 0 Å². The Kier molecular flexibility index (Phi) is 3.72. The van der Waals surface area contributed by atoms with Crippen LogP contribution in [0.5, 0.6) is 0 Å². The molecule has 0 amide bonds. The number of nitrogens with zero attached hydrogens (tertiary/aromatic N) is 1. The number of halogens is 1. The van der Waals surface area contributed by atoms with Crippen LogP contribution >= 0.6 is 0 Å². The van der Waals surface area contributed by atoms with Crippen molar-refractivity contribution in [1.82, 2.24) is 4.57 Å². The van der Waals surface area contributed by atoms with Crippen molar-refractivity contribution in [3.8, 4) is 0 Å². The molecule has 0 bridgehead atoms. The predicted octanol–water partition coefficient (Wildman–Crippen LogP) is 4.08. The maximum absolute atomic E-state index is 14.3. The van der Waals surface area contributed by atoms with Gasteiger partial charge in [-0.05, 0) is 0 Å². The van der Waals surface area contributed by atoms with Crippen LogP contribution in [0, 0.1) is 12.7 Å². The average molecular weight is 493 g/mol. The molecule has 3 aromatic carbocycles. The van der Waals surface area contributed by atoms with Gasteiger partial charge in [-0.1, -0.05) is 0 Å². The molecule has 110 valence electrons. The van der Waals surface area contributed by atoms with Crippen molar-refractivity contribution in [1.29, 1.82) is 0 Å². The first kappa shape index (κ1) is 14.9. The molecule has 0 fully saturated rings. The van der Waals surface area contributed by atoms with Gasteiger partial charge in [0.1, 0.15) is 0 Å². The van der Waals surface area contributed by atoms with Crippen molar-refractivity contribution in [2.45, 2.75) is 13.5 Å². The third-order valence-corrected chi connectivity index (χ3v) is 5.73. The van der Waals surface area contributed by atoms with Crippen LogP contribution < -0.4 is 3.12 Å². The molecular weight excluding hydrogens is 478 g/mol. The fourth-order valence-corrected chi connectivity index (χ4v) is 4.14. The molecule has 0 saturated carbocycles. The van der Waals surface area contributed by atoms with Crippen LogP contribution in [0.1, 0.15) is 11.1 Å². The number of rotatable bonds is 2. The quantitative estimate of drug-likeness (QED) is 0.372. The van der Waals surface area contributed by atoms with Crippen molar-refractivity contribution in [3.63, 3.8) is 0 Å². The van der Waals surface area contributed by atoms with E-state index in [4.69, 9.17) is 0 Å². The van der Waals surface area contributed by atoms with Crippen molar-refractivity contribution < 1.29 is 4.39 Å². The Morgan fingerprint density at radius 1 is 0.913 bits per heavy atom. The Morgan fingerprint density at radius 2 is 1.70 bits per heavy atom. The summed E-state index contributed by atoms with van der Waals surface area (Å²) in [6.45, 7) is 2.67. The molecule has 0 unspecified atom stereocenters. The minimum absolute atomic E-state index is 0.0944. The van der Waals surface area contributed by atoms with E-state index in [1.54, 1.807) is 6.07 Å². The van der Waals surface area contributed by atoms with Crippen molar-refractivity contribution in [2.24, 2.45) is 0 Å². The van der Waals surface area contributed by atoms with Gasteiger partial charge in [-0.2, -0.15) is 0 Å². The second-order valence-electron chi connectivity index (χ2n) is 5.97. The molecule has 0 aliphatic rings. The van der Waals surface area contributed by atoms with Crippen LogP contribution in [-0.4, -0.2) is 30.3 Å². The number of hydrogen-bond acceptors (Lipinski definition) is 0. The molecule has 0 saturated heterocycles. The van der Waals surface area contributed by atoms with E-state index in [1.807, 2.05) is 18.2 Å². The summed E-state index contributed by atoms with van der Waals surface area (Å²) in [4.78, 5) is 0. The van der Waals surface area contributed by atoms with Crippen molar-refractivity contribution in [3.05, 3.63) is 77.6 Å². The van der Waals surface area contributed by atoms with E-state index >= 15 is 0 Å². The van der Waals surface area contributed by atoms with E-state index in [9.17, 15) is 4.39 Å². The second-order valence-corrected chi connectivity index (χ2v) is 8.57. The van der Waals surface area contributed by atoms with Crippen LogP contribution in [0.3, 0.4) is 0 Å². The fourth-order valence-electron chi connectivity index (χ4n) is 3.20. The Balaban J connectivity index is 1.97. The van der Waals surface area contributed by atoms with Gasteiger partial charge in [0.25, 0.3) is 0 Å². The summed E-state index contributed by atoms with van der Waals surface area (Å²) < 4.78 is 17.7. The summed E-state index contributed by atoms with van der Waals surface area (Å²) in [6, 6.07) is 20.5. The Bertz CT molecular complexity index is 1030. The Hall–Kier alpha value is -1.69. The molecule has 23 heavy (non-hydrogen) atoms. The predicted molar refractivity (Wildman–Crippen MR) is 95.1 cm³/mol. The fraction of sp³-hybridized carbons (Fsp3) is 0.100. The van der Waals surface area contributed by atoms with E-state index in [1.165, 1.54) is 16.3 Å². The van der Waals surface area contributed by atoms with Gasteiger partial charge in [0, 0.05) is 0 Å².